The summed E-state index contributed by atoms with van der Waals surface area (Å²) in [6, 6.07) is 11.9. The minimum Gasteiger partial charge on any atom is -0.369 e. The fourth-order valence-corrected chi connectivity index (χ4v) is 5.12. The van der Waals surface area contributed by atoms with Crippen molar-refractivity contribution in [3.63, 3.8) is 0 Å². The van der Waals surface area contributed by atoms with Gasteiger partial charge in [-0.3, -0.25) is 0 Å². The molecule has 2 aromatic carbocycles. The number of aryl methyl sites for hydroxylation is 1. The highest BCUT2D eigenvalue weighted by atomic mass is 79.9. The summed E-state index contributed by atoms with van der Waals surface area (Å²) in [6.45, 7) is 1.41. The maximum Gasteiger partial charge on any atom is 0.416 e. The number of alkyl halides is 4. The van der Waals surface area contributed by atoms with E-state index in [0.717, 1.165) is 29.4 Å². The molecule has 1 fully saturated rings. The van der Waals surface area contributed by atoms with Crippen molar-refractivity contribution in [2.45, 2.75) is 17.5 Å². The van der Waals surface area contributed by atoms with Crippen LogP contribution in [0.1, 0.15) is 11.1 Å². The molecule has 0 aliphatic carbocycles. The number of hydrogen-bond donors (Lipinski definition) is 0. The van der Waals surface area contributed by atoms with Crippen LogP contribution in [-0.4, -0.2) is 44.2 Å². The third-order valence-electron chi connectivity index (χ3n) is 4.72. The molecule has 152 valence electrons. The summed E-state index contributed by atoms with van der Waals surface area (Å²) in [6.07, 6.45) is -3.63. The van der Waals surface area contributed by atoms with Crippen LogP contribution in [0.15, 0.2) is 53.4 Å². The average molecular weight is 477 g/mol. The van der Waals surface area contributed by atoms with Gasteiger partial charge in [0.25, 0.3) is 0 Å². The Hall–Kier alpha value is -1.58. The van der Waals surface area contributed by atoms with Crippen molar-refractivity contribution in [3.8, 4) is 0 Å². The van der Waals surface area contributed by atoms with Gasteiger partial charge in [-0.2, -0.15) is 17.5 Å². The topological polar surface area (TPSA) is 40.6 Å². The normalized spacial score (nSPS) is 16.4. The third kappa shape index (κ3) is 4.69. The number of nitrogens with zero attached hydrogens (tertiary/aromatic N) is 2. The van der Waals surface area contributed by atoms with Crippen LogP contribution < -0.4 is 4.90 Å². The van der Waals surface area contributed by atoms with Crippen molar-refractivity contribution in [1.29, 1.82) is 0 Å². The number of rotatable bonds is 5. The van der Waals surface area contributed by atoms with Crippen molar-refractivity contribution in [2.75, 3.05) is 36.4 Å². The molecule has 0 unspecified atom stereocenters. The SMILES string of the molecule is O=S(=O)(c1cccc(CCBr)c1)N1CCN(c2ccc(C(F)(F)F)cc2)CC1. The van der Waals surface area contributed by atoms with E-state index in [1.807, 2.05) is 11.0 Å². The molecule has 1 aliphatic rings. The molecular formula is C19H20BrF3N2O2S. The smallest absolute Gasteiger partial charge is 0.369 e. The first-order valence-corrected chi connectivity index (χ1v) is 11.4. The van der Waals surface area contributed by atoms with Gasteiger partial charge in [-0.15, -0.1) is 0 Å². The van der Waals surface area contributed by atoms with Crippen molar-refractivity contribution in [3.05, 3.63) is 59.7 Å². The van der Waals surface area contributed by atoms with Gasteiger partial charge in [-0.1, -0.05) is 28.1 Å². The molecule has 28 heavy (non-hydrogen) atoms. The van der Waals surface area contributed by atoms with Gasteiger partial charge in [-0.05, 0) is 48.4 Å². The molecule has 1 saturated heterocycles. The van der Waals surface area contributed by atoms with E-state index in [0.29, 0.717) is 18.8 Å². The summed E-state index contributed by atoms with van der Waals surface area (Å²) in [5, 5.41) is 0.752. The summed E-state index contributed by atoms with van der Waals surface area (Å²) < 4.78 is 65.3. The largest absolute Gasteiger partial charge is 0.416 e. The molecule has 1 aliphatic heterocycles. The lowest BCUT2D eigenvalue weighted by Gasteiger charge is -2.35. The van der Waals surface area contributed by atoms with Crippen LogP contribution in [0.4, 0.5) is 18.9 Å². The van der Waals surface area contributed by atoms with E-state index in [4.69, 9.17) is 0 Å². The number of sulfonamides is 1. The van der Waals surface area contributed by atoms with Crippen molar-refractivity contribution in [2.24, 2.45) is 0 Å². The lowest BCUT2D eigenvalue weighted by atomic mass is 10.2. The first-order valence-electron chi connectivity index (χ1n) is 8.79. The van der Waals surface area contributed by atoms with Crippen LogP contribution in [0.25, 0.3) is 0 Å². The zero-order valence-corrected chi connectivity index (χ0v) is 17.4. The van der Waals surface area contributed by atoms with Gasteiger partial charge in [0.05, 0.1) is 10.5 Å². The van der Waals surface area contributed by atoms with E-state index in [1.165, 1.54) is 16.4 Å². The minimum atomic E-state index is -4.37. The molecule has 2 aromatic rings. The minimum absolute atomic E-state index is 0.272. The Bertz CT molecular complexity index is 910. The van der Waals surface area contributed by atoms with Gasteiger partial charge in [0.2, 0.25) is 10.0 Å². The molecule has 4 nitrogen and oxygen atoms in total. The van der Waals surface area contributed by atoms with Gasteiger partial charge in [0.1, 0.15) is 0 Å². The second-order valence-corrected chi connectivity index (χ2v) is 9.25. The summed E-state index contributed by atoms with van der Waals surface area (Å²) in [5.74, 6) is 0. The zero-order chi connectivity index (χ0) is 20.4. The second-order valence-electron chi connectivity index (χ2n) is 6.52. The Balaban J connectivity index is 1.68. The van der Waals surface area contributed by atoms with Crippen LogP contribution in [0.3, 0.4) is 0 Å². The zero-order valence-electron chi connectivity index (χ0n) is 15.0. The predicted molar refractivity (Wildman–Crippen MR) is 106 cm³/mol. The lowest BCUT2D eigenvalue weighted by Crippen LogP contribution is -2.48. The van der Waals surface area contributed by atoms with E-state index in [1.54, 1.807) is 18.2 Å². The standard InChI is InChI=1S/C19H20BrF3N2O2S/c20-9-8-15-2-1-3-18(14-15)28(26,27)25-12-10-24(11-13-25)17-6-4-16(5-7-17)19(21,22)23/h1-7,14H,8-13H2. The van der Waals surface area contributed by atoms with Crippen molar-refractivity contribution in [1.82, 2.24) is 4.31 Å². The van der Waals surface area contributed by atoms with Gasteiger partial charge in [0, 0.05) is 37.2 Å². The molecule has 0 atom stereocenters. The molecular weight excluding hydrogens is 457 g/mol. The lowest BCUT2D eigenvalue weighted by molar-refractivity contribution is -0.137. The number of anilines is 1. The number of halogens is 4. The van der Waals surface area contributed by atoms with Crippen LogP contribution in [0, 0.1) is 0 Å². The molecule has 0 N–H and O–H groups in total. The highest BCUT2D eigenvalue weighted by molar-refractivity contribution is 9.09. The van der Waals surface area contributed by atoms with Crippen molar-refractivity contribution < 1.29 is 21.6 Å². The fraction of sp³-hybridized carbons (Fsp3) is 0.368. The number of hydrogen-bond acceptors (Lipinski definition) is 3. The maximum absolute atomic E-state index is 12.9. The predicted octanol–water partition coefficient (Wildman–Crippen LogP) is 4.15. The summed E-state index contributed by atoms with van der Waals surface area (Å²) in [7, 11) is -3.59. The van der Waals surface area contributed by atoms with Crippen LogP contribution in [0.5, 0.6) is 0 Å². The Morgan fingerprint density at radius 2 is 1.61 bits per heavy atom. The molecule has 0 saturated carbocycles. The average Bonchev–Trinajstić information content (AvgIpc) is 2.68. The van der Waals surface area contributed by atoms with E-state index < -0.39 is 21.8 Å². The fourth-order valence-electron chi connectivity index (χ4n) is 3.17. The van der Waals surface area contributed by atoms with Gasteiger partial charge in [-0.25, -0.2) is 8.42 Å². The van der Waals surface area contributed by atoms with Crippen LogP contribution >= 0.6 is 15.9 Å². The third-order valence-corrected chi connectivity index (χ3v) is 7.01. The monoisotopic (exact) mass is 476 g/mol. The molecule has 9 heteroatoms. The molecule has 0 aromatic heterocycles. The van der Waals surface area contributed by atoms with Crippen LogP contribution in [0.2, 0.25) is 0 Å². The molecule has 3 rings (SSSR count). The first kappa shape index (κ1) is 21.1. The van der Waals surface area contributed by atoms with Crippen LogP contribution in [-0.2, 0) is 22.6 Å². The van der Waals surface area contributed by atoms with Gasteiger partial charge >= 0.3 is 6.18 Å². The highest BCUT2D eigenvalue weighted by Gasteiger charge is 2.31. The highest BCUT2D eigenvalue weighted by Crippen LogP contribution is 2.31. The van der Waals surface area contributed by atoms with E-state index >= 15 is 0 Å². The van der Waals surface area contributed by atoms with E-state index in [-0.39, 0.29) is 18.0 Å². The van der Waals surface area contributed by atoms with E-state index in [9.17, 15) is 21.6 Å². The molecule has 0 amide bonds. The molecule has 1 heterocycles. The number of benzene rings is 2. The summed E-state index contributed by atoms with van der Waals surface area (Å²) >= 11 is 3.35. The van der Waals surface area contributed by atoms with Crippen molar-refractivity contribution >= 4 is 31.6 Å². The summed E-state index contributed by atoms with van der Waals surface area (Å²) in [4.78, 5) is 2.17. The van der Waals surface area contributed by atoms with Gasteiger partial charge in [0.15, 0.2) is 0 Å². The summed E-state index contributed by atoms with van der Waals surface area (Å²) in [5.41, 5.74) is 0.909. The first-order chi connectivity index (χ1) is 13.2. The van der Waals surface area contributed by atoms with Gasteiger partial charge < -0.3 is 4.90 Å². The Kier molecular flexibility index (Phi) is 6.36. The Morgan fingerprint density at radius 3 is 2.18 bits per heavy atom. The Morgan fingerprint density at radius 1 is 0.964 bits per heavy atom. The Labute approximate surface area is 171 Å². The second kappa shape index (κ2) is 8.42. The molecule has 0 spiro atoms. The number of piperazine rings is 1. The molecule has 0 bridgehead atoms. The molecule has 0 radical (unpaired) electrons. The van der Waals surface area contributed by atoms with E-state index in [2.05, 4.69) is 15.9 Å². The maximum atomic E-state index is 12.9. The quantitative estimate of drug-likeness (QED) is 0.608.